The Morgan fingerprint density at radius 2 is 2.22 bits per heavy atom. The molecule has 1 saturated heterocycles. The summed E-state index contributed by atoms with van der Waals surface area (Å²) in [5.41, 5.74) is 0.605. The molecule has 0 saturated carbocycles. The van der Waals surface area contributed by atoms with Gasteiger partial charge >= 0.3 is 5.97 Å². The second kappa shape index (κ2) is 4.63. The van der Waals surface area contributed by atoms with Crippen LogP contribution in [0.15, 0.2) is 5.38 Å². The molecular formula is C13H19NO3S. The lowest BCUT2D eigenvalue weighted by atomic mass is 9.82. The lowest BCUT2D eigenvalue weighted by Crippen LogP contribution is -2.51. The van der Waals surface area contributed by atoms with Crippen LogP contribution in [-0.2, 0) is 26.1 Å². The molecule has 1 aliphatic heterocycles. The van der Waals surface area contributed by atoms with E-state index in [9.17, 15) is 4.79 Å². The van der Waals surface area contributed by atoms with Crippen molar-refractivity contribution in [2.75, 3.05) is 20.3 Å². The van der Waals surface area contributed by atoms with Crippen LogP contribution in [0.3, 0.4) is 0 Å². The van der Waals surface area contributed by atoms with E-state index in [1.807, 2.05) is 0 Å². The number of methoxy groups -OCH3 is 1. The number of thiazole rings is 1. The number of esters is 1. The lowest BCUT2D eigenvalue weighted by molar-refractivity contribution is -0.182. The van der Waals surface area contributed by atoms with Gasteiger partial charge < -0.3 is 9.47 Å². The van der Waals surface area contributed by atoms with Gasteiger partial charge in [-0.1, -0.05) is 20.8 Å². The maximum Gasteiger partial charge on any atom is 0.316 e. The van der Waals surface area contributed by atoms with Crippen molar-refractivity contribution in [3.8, 4) is 0 Å². The number of hydrogen-bond donors (Lipinski definition) is 0. The van der Waals surface area contributed by atoms with Gasteiger partial charge in [-0.3, -0.25) is 4.79 Å². The van der Waals surface area contributed by atoms with Crippen molar-refractivity contribution in [3.63, 3.8) is 0 Å². The Morgan fingerprint density at radius 3 is 2.61 bits per heavy atom. The van der Waals surface area contributed by atoms with E-state index in [0.717, 1.165) is 10.7 Å². The molecule has 4 nitrogen and oxygen atoms in total. The van der Waals surface area contributed by atoms with E-state index in [0.29, 0.717) is 19.6 Å². The molecule has 1 aliphatic rings. The Balaban J connectivity index is 2.14. The van der Waals surface area contributed by atoms with Crippen molar-refractivity contribution in [2.24, 2.45) is 5.41 Å². The van der Waals surface area contributed by atoms with E-state index >= 15 is 0 Å². The summed E-state index contributed by atoms with van der Waals surface area (Å²) in [4.78, 5) is 16.4. The summed E-state index contributed by atoms with van der Waals surface area (Å²) in [6.45, 7) is 7.27. The predicted octanol–water partition coefficient (Wildman–Crippen LogP) is 2.17. The van der Waals surface area contributed by atoms with Gasteiger partial charge in [0.1, 0.15) is 5.41 Å². The smallest absolute Gasteiger partial charge is 0.316 e. The van der Waals surface area contributed by atoms with Gasteiger partial charge in [-0.15, -0.1) is 11.3 Å². The Labute approximate surface area is 111 Å². The van der Waals surface area contributed by atoms with Crippen LogP contribution in [0.5, 0.6) is 0 Å². The largest absolute Gasteiger partial charge is 0.468 e. The molecule has 100 valence electrons. The molecule has 0 amide bonds. The fraction of sp³-hybridized carbons (Fsp3) is 0.692. The minimum absolute atomic E-state index is 0.0449. The molecule has 0 bridgehead atoms. The van der Waals surface area contributed by atoms with Gasteiger partial charge in [-0.25, -0.2) is 4.98 Å². The normalized spacial score (nSPS) is 18.2. The van der Waals surface area contributed by atoms with Gasteiger partial charge in [-0.05, 0) is 0 Å². The van der Waals surface area contributed by atoms with E-state index in [2.05, 4.69) is 31.1 Å². The second-order valence-corrected chi connectivity index (χ2v) is 6.76. The van der Waals surface area contributed by atoms with Crippen molar-refractivity contribution in [2.45, 2.75) is 32.6 Å². The van der Waals surface area contributed by atoms with E-state index in [-0.39, 0.29) is 11.4 Å². The van der Waals surface area contributed by atoms with Gasteiger partial charge in [0.2, 0.25) is 0 Å². The highest BCUT2D eigenvalue weighted by atomic mass is 32.1. The molecule has 5 heteroatoms. The molecule has 0 aromatic carbocycles. The average Bonchev–Trinajstić information content (AvgIpc) is 2.70. The van der Waals surface area contributed by atoms with Crippen molar-refractivity contribution in [1.29, 1.82) is 0 Å². The molecule has 2 heterocycles. The highest BCUT2D eigenvalue weighted by Crippen LogP contribution is 2.35. The molecule has 0 radical (unpaired) electrons. The van der Waals surface area contributed by atoms with Gasteiger partial charge in [-0.2, -0.15) is 0 Å². The summed E-state index contributed by atoms with van der Waals surface area (Å²) in [5, 5.41) is 3.05. The monoisotopic (exact) mass is 269 g/mol. The average molecular weight is 269 g/mol. The number of carbonyl (C=O) groups excluding carboxylic acids is 1. The van der Waals surface area contributed by atoms with Crippen molar-refractivity contribution < 1.29 is 14.3 Å². The summed E-state index contributed by atoms with van der Waals surface area (Å²) in [6, 6.07) is 0. The van der Waals surface area contributed by atoms with Crippen LogP contribution in [0.25, 0.3) is 0 Å². The third-order valence-electron chi connectivity index (χ3n) is 3.18. The highest BCUT2D eigenvalue weighted by molar-refractivity contribution is 7.09. The first-order valence-electron chi connectivity index (χ1n) is 5.98. The Morgan fingerprint density at radius 1 is 1.56 bits per heavy atom. The van der Waals surface area contributed by atoms with Gasteiger partial charge in [0.25, 0.3) is 0 Å². The van der Waals surface area contributed by atoms with Crippen LogP contribution >= 0.6 is 11.3 Å². The molecule has 0 aliphatic carbocycles. The van der Waals surface area contributed by atoms with E-state index in [1.54, 1.807) is 11.3 Å². The molecule has 0 atom stereocenters. The number of ether oxygens (including phenoxy) is 2. The first-order chi connectivity index (χ1) is 8.37. The van der Waals surface area contributed by atoms with E-state index in [4.69, 9.17) is 9.47 Å². The molecule has 1 fully saturated rings. The number of hydrogen-bond acceptors (Lipinski definition) is 5. The van der Waals surface area contributed by atoms with Crippen LogP contribution in [0.1, 0.15) is 31.5 Å². The molecule has 18 heavy (non-hydrogen) atoms. The minimum atomic E-state index is -0.512. The molecule has 0 N–H and O–H groups in total. The van der Waals surface area contributed by atoms with Crippen LogP contribution in [-0.4, -0.2) is 31.3 Å². The van der Waals surface area contributed by atoms with E-state index < -0.39 is 5.41 Å². The summed E-state index contributed by atoms with van der Waals surface area (Å²) >= 11 is 1.61. The van der Waals surface area contributed by atoms with Crippen molar-refractivity contribution in [1.82, 2.24) is 4.98 Å². The van der Waals surface area contributed by atoms with E-state index in [1.165, 1.54) is 7.11 Å². The zero-order chi connectivity index (χ0) is 13.4. The Bertz CT molecular complexity index is 443. The molecular weight excluding hydrogens is 250 g/mol. The predicted molar refractivity (Wildman–Crippen MR) is 69.8 cm³/mol. The molecule has 1 aromatic rings. The van der Waals surface area contributed by atoms with Gasteiger partial charge in [0.15, 0.2) is 0 Å². The summed E-state index contributed by atoms with van der Waals surface area (Å²) in [7, 11) is 1.42. The number of rotatable bonds is 3. The highest BCUT2D eigenvalue weighted by Gasteiger charge is 2.47. The maximum absolute atomic E-state index is 11.8. The first kappa shape index (κ1) is 13.5. The maximum atomic E-state index is 11.8. The summed E-state index contributed by atoms with van der Waals surface area (Å²) in [5.74, 6) is -0.193. The minimum Gasteiger partial charge on any atom is -0.468 e. The number of carbonyl (C=O) groups is 1. The third kappa shape index (κ3) is 2.42. The molecule has 0 spiro atoms. The van der Waals surface area contributed by atoms with Crippen LogP contribution in [0, 0.1) is 5.41 Å². The Hall–Kier alpha value is -0.940. The lowest BCUT2D eigenvalue weighted by Gasteiger charge is -2.37. The summed E-state index contributed by atoms with van der Waals surface area (Å²) in [6.07, 6.45) is 0.612. The zero-order valence-electron chi connectivity index (χ0n) is 11.3. The van der Waals surface area contributed by atoms with Crippen molar-refractivity contribution in [3.05, 3.63) is 16.1 Å². The zero-order valence-corrected chi connectivity index (χ0v) is 12.1. The number of aromatic nitrogens is 1. The number of nitrogens with zero attached hydrogens (tertiary/aromatic N) is 1. The molecule has 0 unspecified atom stereocenters. The topological polar surface area (TPSA) is 48.4 Å². The van der Waals surface area contributed by atoms with Crippen LogP contribution < -0.4 is 0 Å². The quantitative estimate of drug-likeness (QED) is 0.789. The third-order valence-corrected chi connectivity index (χ3v) is 4.03. The van der Waals surface area contributed by atoms with Crippen LogP contribution in [0.4, 0.5) is 0 Å². The SMILES string of the molecule is COC(=O)C1(Cc2nc(C(C)(C)C)cs2)COC1. The van der Waals surface area contributed by atoms with Crippen LogP contribution in [0.2, 0.25) is 0 Å². The van der Waals surface area contributed by atoms with Gasteiger partial charge in [0.05, 0.1) is 31.0 Å². The van der Waals surface area contributed by atoms with Gasteiger partial charge in [0, 0.05) is 17.2 Å². The fourth-order valence-corrected chi connectivity index (χ4v) is 3.05. The first-order valence-corrected chi connectivity index (χ1v) is 6.86. The van der Waals surface area contributed by atoms with Crippen molar-refractivity contribution >= 4 is 17.3 Å². The summed E-state index contributed by atoms with van der Waals surface area (Å²) < 4.78 is 10.0. The molecule has 2 rings (SSSR count). The standard InChI is InChI=1S/C13H19NO3S/c1-12(2,3)9-6-18-10(14-9)5-13(7-17-8-13)11(15)16-4/h6H,5,7-8H2,1-4H3. The second-order valence-electron chi connectivity index (χ2n) is 5.82. The fourth-order valence-electron chi connectivity index (χ4n) is 1.88. The Kier molecular flexibility index (Phi) is 3.47. The molecule has 1 aromatic heterocycles.